The summed E-state index contributed by atoms with van der Waals surface area (Å²) in [4.78, 5) is 25.1. The number of hydrogen-bond acceptors (Lipinski definition) is 3. The summed E-state index contributed by atoms with van der Waals surface area (Å²) in [6, 6.07) is 13.1. The van der Waals surface area contributed by atoms with Gasteiger partial charge in [-0.1, -0.05) is 24.3 Å². The standard InChI is InChI=1S/C23H28N2O3/c1-15(2)24-23(27)19-12-6-7-13-20(19)25-22(26)16(3)28-21-14-8-10-17-9-4-5-11-18(17)21/h6-8,10,12-16H,4-5,9,11H2,1-3H3,(H,24,27)(H,25,26). The summed E-state index contributed by atoms with van der Waals surface area (Å²) >= 11 is 0. The van der Waals surface area contributed by atoms with Crippen molar-refractivity contribution >= 4 is 17.5 Å². The summed E-state index contributed by atoms with van der Waals surface area (Å²) in [5.41, 5.74) is 3.45. The zero-order valence-electron chi connectivity index (χ0n) is 16.7. The van der Waals surface area contributed by atoms with Crippen molar-refractivity contribution < 1.29 is 14.3 Å². The molecule has 5 heteroatoms. The molecule has 148 valence electrons. The highest BCUT2D eigenvalue weighted by molar-refractivity contribution is 6.04. The Labute approximate surface area is 166 Å². The molecule has 5 nitrogen and oxygen atoms in total. The number of anilines is 1. The number of para-hydroxylation sites is 1. The van der Waals surface area contributed by atoms with E-state index in [9.17, 15) is 9.59 Å². The molecule has 1 aliphatic carbocycles. The number of carbonyl (C=O) groups excluding carboxylic acids is 2. The number of ether oxygens (including phenoxy) is 1. The number of aryl methyl sites for hydroxylation is 1. The number of carbonyl (C=O) groups is 2. The summed E-state index contributed by atoms with van der Waals surface area (Å²) in [6.07, 6.45) is 3.71. The molecular weight excluding hydrogens is 352 g/mol. The Hall–Kier alpha value is -2.82. The maximum atomic E-state index is 12.7. The highest BCUT2D eigenvalue weighted by Crippen LogP contribution is 2.30. The molecule has 0 aromatic heterocycles. The number of amides is 2. The Morgan fingerprint density at radius 2 is 1.71 bits per heavy atom. The van der Waals surface area contributed by atoms with Crippen LogP contribution in [-0.2, 0) is 17.6 Å². The molecule has 1 aliphatic rings. The van der Waals surface area contributed by atoms with Crippen LogP contribution < -0.4 is 15.4 Å². The third kappa shape index (κ3) is 4.71. The largest absolute Gasteiger partial charge is 0.481 e. The Morgan fingerprint density at radius 1 is 0.964 bits per heavy atom. The maximum Gasteiger partial charge on any atom is 0.265 e. The number of hydrogen-bond donors (Lipinski definition) is 2. The molecule has 1 atom stereocenters. The zero-order valence-corrected chi connectivity index (χ0v) is 16.7. The highest BCUT2D eigenvalue weighted by Gasteiger charge is 2.21. The molecular formula is C23H28N2O3. The molecule has 0 aliphatic heterocycles. The van der Waals surface area contributed by atoms with Crippen molar-refractivity contribution in [2.45, 2.75) is 58.6 Å². The van der Waals surface area contributed by atoms with Crippen molar-refractivity contribution in [2.24, 2.45) is 0 Å². The first-order valence-electron chi connectivity index (χ1n) is 9.94. The summed E-state index contributed by atoms with van der Waals surface area (Å²) in [6.45, 7) is 5.53. The fourth-order valence-corrected chi connectivity index (χ4v) is 3.47. The molecule has 1 unspecified atom stereocenters. The fraction of sp³-hybridized carbons (Fsp3) is 0.391. The Bertz CT molecular complexity index is 861. The van der Waals surface area contributed by atoms with Crippen LogP contribution in [0.4, 0.5) is 5.69 Å². The van der Waals surface area contributed by atoms with Gasteiger partial charge in [0.1, 0.15) is 5.75 Å². The molecule has 0 saturated heterocycles. The van der Waals surface area contributed by atoms with Gasteiger partial charge in [0.15, 0.2) is 6.10 Å². The molecule has 2 amide bonds. The molecule has 0 spiro atoms. The predicted molar refractivity (Wildman–Crippen MR) is 111 cm³/mol. The van der Waals surface area contributed by atoms with Gasteiger partial charge in [-0.15, -0.1) is 0 Å². The Balaban J connectivity index is 1.71. The summed E-state index contributed by atoms with van der Waals surface area (Å²) in [5.74, 6) is 0.292. The maximum absolute atomic E-state index is 12.7. The van der Waals surface area contributed by atoms with Crippen LogP contribution in [0.15, 0.2) is 42.5 Å². The molecule has 0 radical (unpaired) electrons. The van der Waals surface area contributed by atoms with Gasteiger partial charge in [-0.3, -0.25) is 9.59 Å². The second-order valence-corrected chi connectivity index (χ2v) is 7.52. The average molecular weight is 380 g/mol. The van der Waals surface area contributed by atoms with E-state index in [0.29, 0.717) is 11.3 Å². The first-order chi connectivity index (χ1) is 13.5. The van der Waals surface area contributed by atoms with Crippen molar-refractivity contribution in [1.82, 2.24) is 5.32 Å². The third-order valence-corrected chi connectivity index (χ3v) is 4.88. The van der Waals surface area contributed by atoms with E-state index in [1.165, 1.54) is 17.5 Å². The monoisotopic (exact) mass is 380 g/mol. The van der Waals surface area contributed by atoms with E-state index in [-0.39, 0.29) is 17.9 Å². The minimum atomic E-state index is -0.672. The van der Waals surface area contributed by atoms with Crippen molar-refractivity contribution in [3.8, 4) is 5.75 Å². The molecule has 2 aromatic carbocycles. The van der Waals surface area contributed by atoms with E-state index in [0.717, 1.165) is 25.0 Å². The van der Waals surface area contributed by atoms with Gasteiger partial charge >= 0.3 is 0 Å². The van der Waals surface area contributed by atoms with Gasteiger partial charge in [0, 0.05) is 6.04 Å². The van der Waals surface area contributed by atoms with Crippen LogP contribution in [0.5, 0.6) is 5.75 Å². The van der Waals surface area contributed by atoms with E-state index < -0.39 is 6.10 Å². The van der Waals surface area contributed by atoms with Gasteiger partial charge in [0.25, 0.3) is 11.8 Å². The van der Waals surface area contributed by atoms with Crippen molar-refractivity contribution in [3.63, 3.8) is 0 Å². The fourth-order valence-electron chi connectivity index (χ4n) is 3.47. The van der Waals surface area contributed by atoms with Gasteiger partial charge in [0.2, 0.25) is 0 Å². The van der Waals surface area contributed by atoms with Crippen LogP contribution in [-0.4, -0.2) is 24.0 Å². The molecule has 2 aromatic rings. The lowest BCUT2D eigenvalue weighted by molar-refractivity contribution is -0.122. The van der Waals surface area contributed by atoms with Crippen LogP contribution in [0.2, 0.25) is 0 Å². The molecule has 2 N–H and O–H groups in total. The molecule has 3 rings (SSSR count). The van der Waals surface area contributed by atoms with Crippen LogP contribution >= 0.6 is 0 Å². The topological polar surface area (TPSA) is 67.4 Å². The highest BCUT2D eigenvalue weighted by atomic mass is 16.5. The molecule has 0 fully saturated rings. The zero-order chi connectivity index (χ0) is 20.1. The molecule has 28 heavy (non-hydrogen) atoms. The van der Waals surface area contributed by atoms with E-state index in [2.05, 4.69) is 16.7 Å². The summed E-state index contributed by atoms with van der Waals surface area (Å²) in [5, 5.41) is 5.69. The minimum Gasteiger partial charge on any atom is -0.481 e. The molecule has 0 saturated carbocycles. The van der Waals surface area contributed by atoms with Crippen molar-refractivity contribution in [3.05, 3.63) is 59.2 Å². The second kappa shape index (κ2) is 8.91. The number of fused-ring (bicyclic) bond motifs is 1. The van der Waals surface area contributed by atoms with Gasteiger partial charge in [-0.2, -0.15) is 0 Å². The van der Waals surface area contributed by atoms with E-state index in [4.69, 9.17) is 4.74 Å². The van der Waals surface area contributed by atoms with Gasteiger partial charge in [-0.25, -0.2) is 0 Å². The van der Waals surface area contributed by atoms with Crippen LogP contribution in [0.3, 0.4) is 0 Å². The Morgan fingerprint density at radius 3 is 2.50 bits per heavy atom. The van der Waals surface area contributed by atoms with E-state index in [1.54, 1.807) is 31.2 Å². The van der Waals surface area contributed by atoms with Crippen LogP contribution in [0, 0.1) is 0 Å². The average Bonchev–Trinajstić information content (AvgIpc) is 2.68. The van der Waals surface area contributed by atoms with Gasteiger partial charge in [0.05, 0.1) is 11.3 Å². The first kappa shape index (κ1) is 19.9. The molecule has 0 bridgehead atoms. The van der Waals surface area contributed by atoms with Crippen LogP contribution in [0.25, 0.3) is 0 Å². The summed E-state index contributed by atoms with van der Waals surface area (Å²) < 4.78 is 6.00. The lowest BCUT2D eigenvalue weighted by Crippen LogP contribution is -2.33. The smallest absolute Gasteiger partial charge is 0.265 e. The van der Waals surface area contributed by atoms with Gasteiger partial charge in [-0.05, 0) is 75.8 Å². The SMILES string of the molecule is CC(C)NC(=O)c1ccccc1NC(=O)C(C)Oc1cccc2c1CCCC2. The number of rotatable bonds is 6. The van der Waals surface area contributed by atoms with E-state index >= 15 is 0 Å². The first-order valence-corrected chi connectivity index (χ1v) is 9.94. The summed E-state index contributed by atoms with van der Waals surface area (Å²) in [7, 11) is 0. The van der Waals surface area contributed by atoms with Crippen molar-refractivity contribution in [2.75, 3.05) is 5.32 Å². The van der Waals surface area contributed by atoms with Crippen LogP contribution in [0.1, 0.15) is 55.1 Å². The third-order valence-electron chi connectivity index (χ3n) is 4.88. The van der Waals surface area contributed by atoms with Gasteiger partial charge < -0.3 is 15.4 Å². The Kier molecular flexibility index (Phi) is 6.34. The quantitative estimate of drug-likeness (QED) is 0.792. The number of nitrogens with one attached hydrogen (secondary N) is 2. The lowest BCUT2D eigenvalue weighted by Gasteiger charge is -2.22. The minimum absolute atomic E-state index is 0.0165. The van der Waals surface area contributed by atoms with E-state index in [1.807, 2.05) is 26.0 Å². The number of benzene rings is 2. The molecule has 0 heterocycles. The normalized spacial score (nSPS) is 14.1. The van der Waals surface area contributed by atoms with Crippen molar-refractivity contribution in [1.29, 1.82) is 0 Å². The lowest BCUT2D eigenvalue weighted by atomic mass is 9.91. The predicted octanol–water partition coefficient (Wildman–Crippen LogP) is 4.11. The second-order valence-electron chi connectivity index (χ2n) is 7.52.